The topological polar surface area (TPSA) is 59.0 Å². The molecule has 1 atom stereocenters. The molecule has 3 heterocycles. The van der Waals surface area contributed by atoms with Gasteiger partial charge in [-0.15, -0.1) is 0 Å². The minimum Gasteiger partial charge on any atom is -0.460 e. The fraction of sp³-hybridized carbons (Fsp3) is 0.158. The summed E-state index contributed by atoms with van der Waals surface area (Å²) >= 11 is 3.49. The highest BCUT2D eigenvalue weighted by molar-refractivity contribution is 9.10. The number of carbonyl (C=O) groups is 1. The molecule has 1 unspecified atom stereocenters. The Labute approximate surface area is 153 Å². The Kier molecular flexibility index (Phi) is 4.05. The van der Waals surface area contributed by atoms with Crippen LogP contribution in [0.25, 0.3) is 0 Å². The predicted molar refractivity (Wildman–Crippen MR) is 96.4 cm³/mol. The van der Waals surface area contributed by atoms with Gasteiger partial charge in [-0.25, -0.2) is 5.01 Å². The first-order chi connectivity index (χ1) is 12.1. The van der Waals surface area contributed by atoms with Crippen LogP contribution in [-0.2, 0) is 0 Å². The fourth-order valence-electron chi connectivity index (χ4n) is 2.92. The van der Waals surface area contributed by atoms with Crippen LogP contribution in [0.4, 0.5) is 0 Å². The minimum atomic E-state index is -0.270. The van der Waals surface area contributed by atoms with E-state index in [1.165, 1.54) is 11.3 Å². The van der Waals surface area contributed by atoms with Gasteiger partial charge in [-0.1, -0.05) is 28.1 Å². The third-order valence-electron chi connectivity index (χ3n) is 4.11. The van der Waals surface area contributed by atoms with Crippen molar-refractivity contribution >= 4 is 27.5 Å². The lowest BCUT2D eigenvalue weighted by molar-refractivity contribution is 0.0678. The molecule has 0 spiro atoms. The Morgan fingerprint density at radius 1 is 1.24 bits per heavy atom. The van der Waals surface area contributed by atoms with Gasteiger partial charge in [0.15, 0.2) is 5.76 Å². The summed E-state index contributed by atoms with van der Waals surface area (Å²) in [7, 11) is 0. The summed E-state index contributed by atoms with van der Waals surface area (Å²) in [6, 6.07) is 14.8. The van der Waals surface area contributed by atoms with Crippen LogP contribution < -0.4 is 0 Å². The van der Waals surface area contributed by atoms with Crippen molar-refractivity contribution in [2.24, 2.45) is 5.10 Å². The molecule has 0 fully saturated rings. The van der Waals surface area contributed by atoms with E-state index in [1.54, 1.807) is 12.1 Å². The van der Waals surface area contributed by atoms with Gasteiger partial charge in [0.2, 0.25) is 0 Å². The molecule has 3 aromatic rings. The van der Waals surface area contributed by atoms with Crippen molar-refractivity contribution in [2.75, 3.05) is 0 Å². The van der Waals surface area contributed by atoms with E-state index in [-0.39, 0.29) is 17.7 Å². The first kappa shape index (κ1) is 15.9. The highest BCUT2D eigenvalue weighted by Crippen LogP contribution is 2.35. The number of carbonyl (C=O) groups excluding carboxylic acids is 1. The zero-order valence-electron chi connectivity index (χ0n) is 13.5. The molecule has 126 valence electrons. The lowest BCUT2D eigenvalue weighted by Crippen LogP contribution is -2.26. The zero-order valence-corrected chi connectivity index (χ0v) is 15.1. The molecule has 0 saturated heterocycles. The average Bonchev–Trinajstić information content (AvgIpc) is 3.34. The largest absolute Gasteiger partial charge is 0.460 e. The monoisotopic (exact) mass is 398 g/mol. The molecule has 1 amide bonds. The molecular formula is C19H15BrN2O3. The maximum absolute atomic E-state index is 12.8. The lowest BCUT2D eigenvalue weighted by Gasteiger charge is -2.21. The van der Waals surface area contributed by atoms with Crippen LogP contribution in [0.15, 0.2) is 73.2 Å². The maximum Gasteiger partial charge on any atom is 0.310 e. The number of aryl methyl sites for hydroxylation is 1. The van der Waals surface area contributed by atoms with Crippen molar-refractivity contribution in [3.05, 3.63) is 82.1 Å². The molecule has 6 heteroatoms. The second-order valence-corrected chi connectivity index (χ2v) is 6.77. The van der Waals surface area contributed by atoms with Crippen molar-refractivity contribution in [1.82, 2.24) is 5.01 Å². The molecule has 0 aliphatic carbocycles. The van der Waals surface area contributed by atoms with E-state index < -0.39 is 0 Å². The quantitative estimate of drug-likeness (QED) is 0.627. The van der Waals surface area contributed by atoms with Crippen LogP contribution in [0, 0.1) is 6.92 Å². The van der Waals surface area contributed by atoms with Crippen LogP contribution in [0.3, 0.4) is 0 Å². The summed E-state index contributed by atoms with van der Waals surface area (Å²) in [4.78, 5) is 12.8. The number of hydrogen-bond acceptors (Lipinski definition) is 4. The molecule has 4 rings (SSSR count). The van der Waals surface area contributed by atoms with Crippen LogP contribution in [0.1, 0.15) is 40.1 Å². The first-order valence-corrected chi connectivity index (χ1v) is 8.68. The number of halogens is 1. The van der Waals surface area contributed by atoms with Crippen molar-refractivity contribution in [2.45, 2.75) is 19.4 Å². The van der Waals surface area contributed by atoms with E-state index in [1.807, 2.05) is 43.3 Å². The normalized spacial score (nSPS) is 17.0. The van der Waals surface area contributed by atoms with Gasteiger partial charge < -0.3 is 8.83 Å². The number of nitrogens with zero attached hydrogens (tertiary/aromatic N) is 2. The molecule has 0 N–H and O–H groups in total. The Morgan fingerprint density at radius 2 is 2.12 bits per heavy atom. The van der Waals surface area contributed by atoms with Crippen molar-refractivity contribution < 1.29 is 13.6 Å². The second kappa shape index (κ2) is 6.37. The Morgan fingerprint density at radius 3 is 2.80 bits per heavy atom. The van der Waals surface area contributed by atoms with Gasteiger partial charge in [0, 0.05) is 10.9 Å². The first-order valence-electron chi connectivity index (χ1n) is 7.88. The SMILES string of the molecule is Cc1ccc(C2=NN(C(=O)c3ccco3)C(c3cccc(Br)c3)C2)o1. The van der Waals surface area contributed by atoms with E-state index in [0.717, 1.165) is 21.5 Å². The molecule has 2 aromatic heterocycles. The highest BCUT2D eigenvalue weighted by atomic mass is 79.9. The van der Waals surface area contributed by atoms with Crippen LogP contribution in [0.5, 0.6) is 0 Å². The predicted octanol–water partition coefficient (Wildman–Crippen LogP) is 4.94. The summed E-state index contributed by atoms with van der Waals surface area (Å²) in [5.41, 5.74) is 1.74. The van der Waals surface area contributed by atoms with Gasteiger partial charge in [0.25, 0.3) is 0 Å². The van der Waals surface area contributed by atoms with E-state index in [2.05, 4.69) is 21.0 Å². The number of benzene rings is 1. The van der Waals surface area contributed by atoms with Crippen molar-refractivity contribution in [1.29, 1.82) is 0 Å². The summed E-state index contributed by atoms with van der Waals surface area (Å²) in [6.45, 7) is 1.89. The van der Waals surface area contributed by atoms with Crippen LogP contribution in [0.2, 0.25) is 0 Å². The number of amides is 1. The summed E-state index contributed by atoms with van der Waals surface area (Å²) in [6.07, 6.45) is 2.06. The van der Waals surface area contributed by atoms with E-state index in [0.29, 0.717) is 12.2 Å². The van der Waals surface area contributed by atoms with Gasteiger partial charge >= 0.3 is 5.91 Å². The smallest absolute Gasteiger partial charge is 0.310 e. The molecule has 1 aliphatic heterocycles. The average molecular weight is 399 g/mol. The lowest BCUT2D eigenvalue weighted by atomic mass is 10.0. The molecule has 0 saturated carbocycles. The number of furan rings is 2. The molecule has 1 aliphatic rings. The number of hydrazone groups is 1. The van der Waals surface area contributed by atoms with Gasteiger partial charge in [-0.3, -0.25) is 4.79 Å². The molecule has 1 aromatic carbocycles. The zero-order chi connectivity index (χ0) is 17.4. The van der Waals surface area contributed by atoms with E-state index >= 15 is 0 Å². The Hall–Kier alpha value is -2.60. The van der Waals surface area contributed by atoms with Gasteiger partial charge in [0.1, 0.15) is 17.2 Å². The minimum absolute atomic E-state index is 0.212. The number of hydrogen-bond donors (Lipinski definition) is 0. The standard InChI is InChI=1S/C19H15BrN2O3/c1-12-7-8-17(25-12)15-11-16(13-4-2-5-14(20)10-13)22(21-15)19(23)18-6-3-9-24-18/h2-10,16H,11H2,1H3. The Balaban J connectivity index is 1.73. The molecular weight excluding hydrogens is 384 g/mol. The van der Waals surface area contributed by atoms with Gasteiger partial charge in [-0.2, -0.15) is 5.10 Å². The van der Waals surface area contributed by atoms with Crippen molar-refractivity contribution in [3.63, 3.8) is 0 Å². The van der Waals surface area contributed by atoms with Crippen LogP contribution >= 0.6 is 15.9 Å². The fourth-order valence-corrected chi connectivity index (χ4v) is 3.34. The summed E-state index contributed by atoms with van der Waals surface area (Å²) in [5.74, 6) is 1.49. The second-order valence-electron chi connectivity index (χ2n) is 5.86. The molecule has 0 radical (unpaired) electrons. The third kappa shape index (κ3) is 3.05. The summed E-state index contributed by atoms with van der Waals surface area (Å²) < 4.78 is 11.9. The van der Waals surface area contributed by atoms with E-state index in [9.17, 15) is 4.79 Å². The van der Waals surface area contributed by atoms with Gasteiger partial charge in [-0.05, 0) is 48.9 Å². The van der Waals surface area contributed by atoms with Gasteiger partial charge in [0.05, 0.1) is 12.3 Å². The molecule has 25 heavy (non-hydrogen) atoms. The van der Waals surface area contributed by atoms with Crippen molar-refractivity contribution in [3.8, 4) is 0 Å². The summed E-state index contributed by atoms with van der Waals surface area (Å²) in [5, 5.41) is 6.03. The third-order valence-corrected chi connectivity index (χ3v) is 4.60. The van der Waals surface area contributed by atoms with Crippen LogP contribution in [-0.4, -0.2) is 16.6 Å². The maximum atomic E-state index is 12.8. The molecule has 0 bridgehead atoms. The molecule has 5 nitrogen and oxygen atoms in total. The Bertz CT molecular complexity index is 943. The number of rotatable bonds is 3. The highest BCUT2D eigenvalue weighted by Gasteiger charge is 2.35. The van der Waals surface area contributed by atoms with E-state index in [4.69, 9.17) is 8.83 Å².